The summed E-state index contributed by atoms with van der Waals surface area (Å²) in [6, 6.07) is 1.77. The predicted octanol–water partition coefficient (Wildman–Crippen LogP) is 4.91. The first kappa shape index (κ1) is 12.1. The normalized spacial score (nSPS) is 14.1. The molecule has 0 atom stereocenters. The second kappa shape index (κ2) is 4.59. The van der Waals surface area contributed by atoms with Crippen molar-refractivity contribution in [2.24, 2.45) is 0 Å². The first-order chi connectivity index (χ1) is 8.15. The third-order valence-corrected chi connectivity index (χ3v) is 5.20. The van der Waals surface area contributed by atoms with Crippen LogP contribution in [0.4, 0.5) is 0 Å². The molecular formula is C10H5Cl3N2S2. The Kier molecular flexibility index (Phi) is 3.26. The average molecular weight is 324 g/mol. The monoisotopic (exact) mass is 322 g/mol. The Morgan fingerprint density at radius 1 is 1.12 bits per heavy atom. The summed E-state index contributed by atoms with van der Waals surface area (Å²) >= 11 is 21.2. The molecule has 0 saturated heterocycles. The van der Waals surface area contributed by atoms with Crippen LogP contribution >= 0.6 is 57.9 Å². The van der Waals surface area contributed by atoms with Crippen molar-refractivity contribution in [3.05, 3.63) is 31.1 Å². The zero-order valence-corrected chi connectivity index (χ0v) is 12.2. The minimum absolute atomic E-state index is 0.522. The molecule has 17 heavy (non-hydrogen) atoms. The highest BCUT2D eigenvalue weighted by Crippen LogP contribution is 2.39. The van der Waals surface area contributed by atoms with E-state index in [1.807, 2.05) is 0 Å². The zero-order chi connectivity index (χ0) is 12.0. The van der Waals surface area contributed by atoms with Crippen LogP contribution in [0, 0.1) is 0 Å². The van der Waals surface area contributed by atoms with Gasteiger partial charge >= 0.3 is 0 Å². The maximum Gasteiger partial charge on any atom is 0.163 e. The van der Waals surface area contributed by atoms with Gasteiger partial charge in [0.15, 0.2) is 5.82 Å². The van der Waals surface area contributed by atoms with Crippen LogP contribution in [0.5, 0.6) is 0 Å². The van der Waals surface area contributed by atoms with Crippen molar-refractivity contribution in [2.45, 2.75) is 11.5 Å². The quantitative estimate of drug-likeness (QED) is 0.697. The molecule has 3 rings (SSSR count). The maximum atomic E-state index is 6.15. The molecule has 88 valence electrons. The van der Waals surface area contributed by atoms with Crippen LogP contribution in [0.3, 0.4) is 0 Å². The fourth-order valence-electron chi connectivity index (χ4n) is 1.63. The summed E-state index contributed by atoms with van der Waals surface area (Å²) in [5, 5.41) is 0.522. The summed E-state index contributed by atoms with van der Waals surface area (Å²) in [7, 11) is 0. The van der Waals surface area contributed by atoms with Crippen LogP contribution in [0.1, 0.15) is 11.3 Å². The fourth-order valence-corrected chi connectivity index (χ4v) is 4.46. The minimum Gasteiger partial charge on any atom is -0.232 e. The van der Waals surface area contributed by atoms with E-state index >= 15 is 0 Å². The molecule has 0 radical (unpaired) electrons. The van der Waals surface area contributed by atoms with E-state index < -0.39 is 0 Å². The first-order valence-electron chi connectivity index (χ1n) is 4.73. The number of fused-ring (bicyclic) bond motifs is 1. The number of hydrogen-bond acceptors (Lipinski definition) is 4. The summed E-state index contributed by atoms with van der Waals surface area (Å²) in [6.45, 7) is 0. The van der Waals surface area contributed by atoms with E-state index in [9.17, 15) is 0 Å². The Balaban J connectivity index is 2.16. The molecule has 7 heteroatoms. The third kappa shape index (κ3) is 2.17. The second-order valence-electron chi connectivity index (χ2n) is 3.49. The van der Waals surface area contributed by atoms with Crippen LogP contribution in [0.2, 0.25) is 13.8 Å². The van der Waals surface area contributed by atoms with E-state index in [2.05, 4.69) is 9.97 Å². The van der Waals surface area contributed by atoms with Gasteiger partial charge in [-0.1, -0.05) is 34.8 Å². The number of aromatic nitrogens is 2. The third-order valence-electron chi connectivity index (χ3n) is 2.43. The number of rotatable bonds is 1. The Bertz CT molecular complexity index is 597. The van der Waals surface area contributed by atoms with Gasteiger partial charge in [-0.2, -0.15) is 11.8 Å². The predicted molar refractivity (Wildman–Crippen MR) is 75.4 cm³/mol. The van der Waals surface area contributed by atoms with Gasteiger partial charge < -0.3 is 0 Å². The number of thiophene rings is 1. The summed E-state index contributed by atoms with van der Waals surface area (Å²) in [6.07, 6.45) is 0. The lowest BCUT2D eigenvalue weighted by molar-refractivity contribution is 1.07. The van der Waals surface area contributed by atoms with Crippen molar-refractivity contribution in [1.29, 1.82) is 0 Å². The van der Waals surface area contributed by atoms with Crippen LogP contribution in [0.25, 0.3) is 11.4 Å². The molecule has 0 saturated carbocycles. The molecule has 2 aromatic heterocycles. The van der Waals surface area contributed by atoms with Gasteiger partial charge in [0, 0.05) is 17.1 Å². The molecule has 2 aromatic rings. The van der Waals surface area contributed by atoms with Crippen LogP contribution in [-0.2, 0) is 11.5 Å². The molecule has 0 bridgehead atoms. The molecule has 1 aliphatic rings. The number of nitrogens with zero attached hydrogens (tertiary/aromatic N) is 2. The molecule has 3 heterocycles. The van der Waals surface area contributed by atoms with Gasteiger partial charge in [0.1, 0.15) is 9.49 Å². The van der Waals surface area contributed by atoms with E-state index in [1.165, 1.54) is 11.3 Å². The Labute approximate surface area is 121 Å². The molecule has 0 aromatic carbocycles. The van der Waals surface area contributed by atoms with Crippen LogP contribution in [0.15, 0.2) is 6.07 Å². The van der Waals surface area contributed by atoms with Gasteiger partial charge in [-0.15, -0.1) is 11.3 Å². The topological polar surface area (TPSA) is 25.8 Å². The van der Waals surface area contributed by atoms with E-state index in [0.717, 1.165) is 28.3 Å². The molecule has 2 nitrogen and oxygen atoms in total. The highest BCUT2D eigenvalue weighted by molar-refractivity contribution is 7.98. The van der Waals surface area contributed by atoms with E-state index in [-0.39, 0.29) is 0 Å². The Morgan fingerprint density at radius 3 is 2.65 bits per heavy atom. The molecule has 0 N–H and O–H groups in total. The van der Waals surface area contributed by atoms with Gasteiger partial charge in [0.05, 0.1) is 15.6 Å². The Morgan fingerprint density at radius 2 is 1.94 bits per heavy atom. The molecule has 0 spiro atoms. The van der Waals surface area contributed by atoms with Crippen LogP contribution < -0.4 is 0 Å². The molecule has 0 fully saturated rings. The van der Waals surface area contributed by atoms with Crippen molar-refractivity contribution in [3.63, 3.8) is 0 Å². The van der Waals surface area contributed by atoms with Crippen molar-refractivity contribution in [2.75, 3.05) is 0 Å². The smallest absolute Gasteiger partial charge is 0.163 e. The number of halogens is 3. The van der Waals surface area contributed by atoms with E-state index in [4.69, 9.17) is 34.8 Å². The largest absolute Gasteiger partial charge is 0.232 e. The van der Waals surface area contributed by atoms with Gasteiger partial charge in [-0.25, -0.2) is 9.97 Å². The Hall–Kier alpha value is -0.0000000000000000278. The van der Waals surface area contributed by atoms with Gasteiger partial charge in [0.25, 0.3) is 0 Å². The summed E-state index contributed by atoms with van der Waals surface area (Å²) in [5.74, 6) is 2.32. The molecule has 0 unspecified atom stereocenters. The second-order valence-corrected chi connectivity index (χ2v) is 7.12. The average Bonchev–Trinajstić information content (AvgIpc) is 2.84. The van der Waals surface area contributed by atoms with Gasteiger partial charge in [-0.3, -0.25) is 0 Å². The molecule has 1 aliphatic heterocycles. The van der Waals surface area contributed by atoms with Gasteiger partial charge in [-0.05, 0) is 6.07 Å². The summed E-state index contributed by atoms with van der Waals surface area (Å²) in [5.41, 5.74) is 2.80. The van der Waals surface area contributed by atoms with Crippen molar-refractivity contribution in [3.8, 4) is 11.4 Å². The zero-order valence-electron chi connectivity index (χ0n) is 8.34. The number of thioether (sulfide) groups is 1. The first-order valence-corrected chi connectivity index (χ1v) is 7.84. The lowest BCUT2D eigenvalue weighted by atomic mass is 10.2. The SMILES string of the molecule is Clc1cc(-c2nc(Cl)c3c(n2)CSC3)c(Cl)s1. The highest BCUT2D eigenvalue weighted by atomic mass is 35.5. The van der Waals surface area contributed by atoms with Crippen LogP contribution in [-0.4, -0.2) is 9.97 Å². The molecule has 0 aliphatic carbocycles. The molecule has 0 amide bonds. The fraction of sp³-hybridized carbons (Fsp3) is 0.200. The number of hydrogen-bond donors (Lipinski definition) is 0. The van der Waals surface area contributed by atoms with E-state index in [1.54, 1.807) is 17.8 Å². The lowest BCUT2D eigenvalue weighted by Crippen LogP contribution is -1.96. The van der Waals surface area contributed by atoms with Crippen molar-refractivity contribution >= 4 is 57.9 Å². The maximum absolute atomic E-state index is 6.15. The summed E-state index contributed by atoms with van der Waals surface area (Å²) < 4.78 is 1.22. The van der Waals surface area contributed by atoms with Gasteiger partial charge in [0.2, 0.25) is 0 Å². The highest BCUT2D eigenvalue weighted by Gasteiger charge is 2.20. The van der Waals surface area contributed by atoms with Crippen molar-refractivity contribution in [1.82, 2.24) is 9.97 Å². The summed E-state index contributed by atoms with van der Waals surface area (Å²) in [4.78, 5) is 8.80. The standard InChI is InChI=1S/C10H5Cl3N2S2/c11-7-1-4(9(13)17-7)10-14-6-3-16-2-5(6)8(12)15-10/h1H,2-3H2. The lowest BCUT2D eigenvalue weighted by Gasteiger charge is -2.03. The van der Waals surface area contributed by atoms with E-state index in [0.29, 0.717) is 19.7 Å². The molecular weight excluding hydrogens is 319 g/mol. The minimum atomic E-state index is 0.522. The van der Waals surface area contributed by atoms with Crippen molar-refractivity contribution < 1.29 is 0 Å².